The van der Waals surface area contributed by atoms with Crippen LogP contribution in [0.1, 0.15) is 19.8 Å². The standard InChI is InChI=1S/C16H25N3O3S2/c1-14-4-6-17(7-5-14)13-18-12-15(2-3-16(18)23)24(20,21)19-8-10-22-11-9-19/h2-3,12,14H,4-11,13H2,1H3. The minimum absolute atomic E-state index is 0.309. The Morgan fingerprint density at radius 1 is 1.17 bits per heavy atom. The molecule has 2 aliphatic heterocycles. The van der Waals surface area contributed by atoms with Gasteiger partial charge in [0.1, 0.15) is 4.64 Å². The van der Waals surface area contributed by atoms with Crippen molar-refractivity contribution in [2.75, 3.05) is 39.4 Å². The van der Waals surface area contributed by atoms with Crippen LogP contribution >= 0.6 is 12.2 Å². The van der Waals surface area contributed by atoms with Crippen molar-refractivity contribution in [1.29, 1.82) is 0 Å². The van der Waals surface area contributed by atoms with Gasteiger partial charge in [0.2, 0.25) is 10.0 Å². The summed E-state index contributed by atoms with van der Waals surface area (Å²) in [7, 11) is -3.48. The fourth-order valence-corrected chi connectivity index (χ4v) is 4.73. The molecule has 0 aliphatic carbocycles. The molecule has 1 aromatic heterocycles. The summed E-state index contributed by atoms with van der Waals surface area (Å²) in [6, 6.07) is 3.33. The van der Waals surface area contributed by atoms with Crippen LogP contribution in [0.25, 0.3) is 0 Å². The van der Waals surface area contributed by atoms with E-state index in [0.717, 1.165) is 19.0 Å². The second-order valence-corrected chi connectivity index (χ2v) is 8.99. The van der Waals surface area contributed by atoms with Crippen molar-refractivity contribution >= 4 is 22.2 Å². The molecule has 134 valence electrons. The lowest BCUT2D eigenvalue weighted by atomic mass is 10.00. The van der Waals surface area contributed by atoms with E-state index in [1.54, 1.807) is 18.3 Å². The number of hydrogen-bond donors (Lipinski definition) is 0. The zero-order valence-electron chi connectivity index (χ0n) is 14.1. The highest BCUT2D eigenvalue weighted by molar-refractivity contribution is 7.89. The highest BCUT2D eigenvalue weighted by atomic mass is 32.2. The Balaban J connectivity index is 1.79. The zero-order chi connectivity index (χ0) is 17.2. The van der Waals surface area contributed by atoms with Gasteiger partial charge >= 0.3 is 0 Å². The molecule has 0 atom stereocenters. The predicted octanol–water partition coefficient (Wildman–Crippen LogP) is 1.93. The second-order valence-electron chi connectivity index (χ2n) is 6.63. The van der Waals surface area contributed by atoms with Gasteiger partial charge in [-0.3, -0.25) is 4.90 Å². The van der Waals surface area contributed by atoms with Crippen LogP contribution in [-0.4, -0.2) is 61.6 Å². The third kappa shape index (κ3) is 4.05. The van der Waals surface area contributed by atoms with Gasteiger partial charge in [-0.05, 0) is 30.9 Å². The first-order valence-electron chi connectivity index (χ1n) is 8.47. The van der Waals surface area contributed by atoms with E-state index in [0.29, 0.717) is 42.5 Å². The topological polar surface area (TPSA) is 54.8 Å². The van der Waals surface area contributed by atoms with Crippen molar-refractivity contribution in [3.05, 3.63) is 23.0 Å². The summed E-state index contributed by atoms with van der Waals surface area (Å²) in [4.78, 5) is 2.64. The highest BCUT2D eigenvalue weighted by Crippen LogP contribution is 2.19. The van der Waals surface area contributed by atoms with Crippen LogP contribution in [0.3, 0.4) is 0 Å². The van der Waals surface area contributed by atoms with E-state index in [4.69, 9.17) is 17.0 Å². The lowest BCUT2D eigenvalue weighted by Crippen LogP contribution is -2.40. The number of pyridine rings is 1. The Hall–Kier alpha value is -0.800. The predicted molar refractivity (Wildman–Crippen MR) is 94.8 cm³/mol. The third-order valence-corrected chi connectivity index (χ3v) is 7.05. The van der Waals surface area contributed by atoms with Gasteiger partial charge in [-0.2, -0.15) is 4.31 Å². The largest absolute Gasteiger partial charge is 0.379 e. The van der Waals surface area contributed by atoms with Crippen LogP contribution in [0, 0.1) is 10.6 Å². The number of rotatable bonds is 4. The summed E-state index contributed by atoms with van der Waals surface area (Å²) < 4.78 is 34.9. The third-order valence-electron chi connectivity index (χ3n) is 4.79. The highest BCUT2D eigenvalue weighted by Gasteiger charge is 2.27. The summed E-state index contributed by atoms with van der Waals surface area (Å²) in [6.07, 6.45) is 4.04. The Labute approximate surface area is 149 Å². The Morgan fingerprint density at radius 3 is 2.50 bits per heavy atom. The van der Waals surface area contributed by atoms with Crippen LogP contribution in [0.2, 0.25) is 0 Å². The van der Waals surface area contributed by atoms with E-state index in [9.17, 15) is 8.42 Å². The molecule has 3 rings (SSSR count). The smallest absolute Gasteiger partial charge is 0.244 e. The maximum atomic E-state index is 12.8. The molecule has 0 aromatic carbocycles. The summed E-state index contributed by atoms with van der Waals surface area (Å²) in [5.74, 6) is 0.766. The molecule has 2 aliphatic rings. The molecule has 3 heterocycles. The quantitative estimate of drug-likeness (QED) is 0.757. The number of hydrogen-bond acceptors (Lipinski definition) is 5. The van der Waals surface area contributed by atoms with Crippen molar-refractivity contribution in [2.45, 2.75) is 31.3 Å². The van der Waals surface area contributed by atoms with Crippen molar-refractivity contribution < 1.29 is 13.2 Å². The first-order chi connectivity index (χ1) is 11.5. The van der Waals surface area contributed by atoms with Crippen molar-refractivity contribution in [1.82, 2.24) is 13.8 Å². The van der Waals surface area contributed by atoms with Gasteiger partial charge < -0.3 is 9.30 Å². The molecule has 0 radical (unpaired) electrons. The molecular formula is C16H25N3O3S2. The average molecular weight is 372 g/mol. The number of likely N-dealkylation sites (tertiary alicyclic amines) is 1. The lowest BCUT2D eigenvalue weighted by Gasteiger charge is -2.31. The normalized spacial score (nSPS) is 21.9. The minimum Gasteiger partial charge on any atom is -0.379 e. The molecule has 0 bridgehead atoms. The van der Waals surface area contributed by atoms with Gasteiger partial charge in [0, 0.05) is 32.4 Å². The molecular weight excluding hydrogens is 346 g/mol. The van der Waals surface area contributed by atoms with Crippen molar-refractivity contribution in [3.8, 4) is 0 Å². The van der Waals surface area contributed by atoms with Gasteiger partial charge in [-0.25, -0.2) is 8.42 Å². The minimum atomic E-state index is -3.48. The number of piperidine rings is 1. The van der Waals surface area contributed by atoms with Gasteiger partial charge in [0.25, 0.3) is 0 Å². The monoisotopic (exact) mass is 371 g/mol. The summed E-state index contributed by atoms with van der Waals surface area (Å²) in [6.45, 7) is 6.70. The number of nitrogens with zero attached hydrogens (tertiary/aromatic N) is 3. The first kappa shape index (κ1) is 18.0. The SMILES string of the molecule is CC1CCN(Cn2cc(S(=O)(=O)N3CCOCC3)ccc2=S)CC1. The van der Waals surface area contributed by atoms with Crippen LogP contribution in [-0.2, 0) is 21.4 Å². The molecule has 24 heavy (non-hydrogen) atoms. The number of aromatic nitrogens is 1. The van der Waals surface area contributed by atoms with Crippen LogP contribution < -0.4 is 0 Å². The molecule has 0 amide bonds. The van der Waals surface area contributed by atoms with E-state index in [1.165, 1.54) is 17.1 Å². The van der Waals surface area contributed by atoms with E-state index >= 15 is 0 Å². The lowest BCUT2D eigenvalue weighted by molar-refractivity contribution is 0.0730. The van der Waals surface area contributed by atoms with Gasteiger partial charge in [-0.1, -0.05) is 19.1 Å². The molecule has 6 nitrogen and oxygen atoms in total. The molecule has 0 saturated carbocycles. The molecule has 0 spiro atoms. The van der Waals surface area contributed by atoms with E-state index in [-0.39, 0.29) is 0 Å². The maximum absolute atomic E-state index is 12.8. The average Bonchev–Trinajstić information content (AvgIpc) is 2.59. The van der Waals surface area contributed by atoms with Crippen LogP contribution in [0.4, 0.5) is 0 Å². The maximum Gasteiger partial charge on any atom is 0.244 e. The number of sulfonamides is 1. The fraction of sp³-hybridized carbons (Fsp3) is 0.688. The molecule has 2 saturated heterocycles. The van der Waals surface area contributed by atoms with Crippen LogP contribution in [0.5, 0.6) is 0 Å². The van der Waals surface area contributed by atoms with Crippen molar-refractivity contribution in [2.24, 2.45) is 5.92 Å². The van der Waals surface area contributed by atoms with Gasteiger partial charge in [-0.15, -0.1) is 0 Å². The number of morpholine rings is 1. The molecule has 0 unspecified atom stereocenters. The van der Waals surface area contributed by atoms with Gasteiger partial charge in [0.05, 0.1) is 24.8 Å². The first-order valence-corrected chi connectivity index (χ1v) is 10.3. The molecule has 0 N–H and O–H groups in total. The summed E-state index contributed by atoms with van der Waals surface area (Å²) in [5.41, 5.74) is 0. The van der Waals surface area contributed by atoms with E-state index < -0.39 is 10.0 Å². The summed E-state index contributed by atoms with van der Waals surface area (Å²) in [5, 5.41) is 0. The van der Waals surface area contributed by atoms with Gasteiger partial charge in [0.15, 0.2) is 0 Å². The van der Waals surface area contributed by atoms with E-state index in [1.807, 2.05) is 4.57 Å². The fourth-order valence-electron chi connectivity index (χ4n) is 3.13. The zero-order valence-corrected chi connectivity index (χ0v) is 15.7. The molecule has 2 fully saturated rings. The van der Waals surface area contributed by atoms with Crippen LogP contribution in [0.15, 0.2) is 23.2 Å². The second kappa shape index (κ2) is 7.61. The Bertz CT molecular complexity index is 718. The Morgan fingerprint density at radius 2 is 1.83 bits per heavy atom. The Kier molecular flexibility index (Phi) is 5.71. The summed E-state index contributed by atoms with van der Waals surface area (Å²) >= 11 is 5.39. The van der Waals surface area contributed by atoms with Crippen molar-refractivity contribution in [3.63, 3.8) is 0 Å². The number of ether oxygens (including phenoxy) is 1. The molecule has 1 aromatic rings. The van der Waals surface area contributed by atoms with E-state index in [2.05, 4.69) is 11.8 Å². The molecule has 8 heteroatoms.